The molecular formula is C8H8NO2S-. The van der Waals surface area contributed by atoms with Gasteiger partial charge in [-0.2, -0.15) is 0 Å². The van der Waals surface area contributed by atoms with E-state index < -0.39 is 11.3 Å². The topological polar surface area (TPSA) is 52.2 Å². The van der Waals surface area contributed by atoms with Crippen LogP contribution < -0.4 is 4.72 Å². The van der Waals surface area contributed by atoms with Crippen LogP contribution in [0.3, 0.4) is 0 Å². The maximum atomic E-state index is 10.0. The van der Waals surface area contributed by atoms with E-state index in [9.17, 15) is 8.76 Å². The van der Waals surface area contributed by atoms with Crippen molar-refractivity contribution in [3.05, 3.63) is 42.1 Å². The summed E-state index contributed by atoms with van der Waals surface area (Å²) in [5.74, 6) is 0. The Morgan fingerprint density at radius 1 is 1.33 bits per heavy atom. The summed E-state index contributed by atoms with van der Waals surface area (Å²) >= 11 is -2.23. The van der Waals surface area contributed by atoms with Crippen molar-refractivity contribution in [2.45, 2.75) is 0 Å². The minimum atomic E-state index is -2.23. The van der Waals surface area contributed by atoms with Gasteiger partial charge in [0, 0.05) is 17.5 Å². The highest BCUT2D eigenvalue weighted by Crippen LogP contribution is 1.99. The van der Waals surface area contributed by atoms with Crippen LogP contribution in [0.2, 0.25) is 0 Å². The molecule has 1 rings (SSSR count). The minimum Gasteiger partial charge on any atom is -0.755 e. The van der Waals surface area contributed by atoms with E-state index in [0.717, 1.165) is 5.56 Å². The van der Waals surface area contributed by atoms with Crippen molar-refractivity contribution in [2.24, 2.45) is 0 Å². The Hall–Kier alpha value is -1.13. The summed E-state index contributed by atoms with van der Waals surface area (Å²) in [4.78, 5) is 0. The Labute approximate surface area is 73.5 Å². The van der Waals surface area contributed by atoms with Gasteiger partial charge in [-0.3, -0.25) is 4.21 Å². The van der Waals surface area contributed by atoms with Gasteiger partial charge in [0.25, 0.3) is 0 Å². The van der Waals surface area contributed by atoms with Crippen LogP contribution >= 0.6 is 0 Å². The predicted octanol–water partition coefficient (Wildman–Crippen LogP) is 1.04. The molecule has 0 saturated carbocycles. The second-order valence-corrected chi connectivity index (χ2v) is 2.80. The molecule has 0 aliphatic carbocycles. The fourth-order valence-electron chi connectivity index (χ4n) is 0.750. The van der Waals surface area contributed by atoms with Gasteiger partial charge in [0.05, 0.1) is 0 Å². The van der Waals surface area contributed by atoms with Gasteiger partial charge in [-0.1, -0.05) is 30.3 Å². The lowest BCUT2D eigenvalue weighted by atomic mass is 10.2. The van der Waals surface area contributed by atoms with Gasteiger partial charge in [-0.05, 0) is 11.6 Å². The van der Waals surface area contributed by atoms with Crippen molar-refractivity contribution < 1.29 is 8.76 Å². The summed E-state index contributed by atoms with van der Waals surface area (Å²) in [6, 6.07) is 9.43. The second-order valence-electron chi connectivity index (χ2n) is 2.10. The molecule has 0 aromatic heterocycles. The molecular weight excluding hydrogens is 174 g/mol. The Balaban J connectivity index is 2.52. The van der Waals surface area contributed by atoms with E-state index in [0.29, 0.717) is 0 Å². The van der Waals surface area contributed by atoms with Crippen LogP contribution in [0.15, 0.2) is 36.5 Å². The molecule has 1 aromatic rings. The molecule has 12 heavy (non-hydrogen) atoms. The zero-order valence-corrected chi connectivity index (χ0v) is 7.08. The highest BCUT2D eigenvalue weighted by molar-refractivity contribution is 7.77. The highest BCUT2D eigenvalue weighted by atomic mass is 32.2. The summed E-state index contributed by atoms with van der Waals surface area (Å²) in [6.45, 7) is 0. The number of nitrogens with one attached hydrogen (secondary N) is 1. The number of benzene rings is 1. The third-order valence-electron chi connectivity index (χ3n) is 1.24. The predicted molar refractivity (Wildman–Crippen MR) is 47.5 cm³/mol. The number of hydrogen-bond donors (Lipinski definition) is 1. The van der Waals surface area contributed by atoms with E-state index in [1.54, 1.807) is 6.08 Å². The summed E-state index contributed by atoms with van der Waals surface area (Å²) in [5.41, 5.74) is 0.954. The average Bonchev–Trinajstić information content (AvgIpc) is 2.05. The van der Waals surface area contributed by atoms with Crippen LogP contribution in [0, 0.1) is 0 Å². The van der Waals surface area contributed by atoms with Crippen LogP contribution in [0.5, 0.6) is 0 Å². The Bertz CT molecular complexity index is 284. The zero-order chi connectivity index (χ0) is 8.81. The first-order valence-corrected chi connectivity index (χ1v) is 4.43. The van der Waals surface area contributed by atoms with Crippen LogP contribution in [0.4, 0.5) is 0 Å². The monoisotopic (exact) mass is 182 g/mol. The van der Waals surface area contributed by atoms with Crippen molar-refractivity contribution in [1.82, 2.24) is 4.72 Å². The van der Waals surface area contributed by atoms with Crippen LogP contribution in [0.25, 0.3) is 6.08 Å². The second kappa shape index (κ2) is 4.69. The van der Waals surface area contributed by atoms with Gasteiger partial charge < -0.3 is 9.27 Å². The molecule has 0 spiro atoms. The SMILES string of the molecule is O=S([O-])NC=Cc1ccccc1. The van der Waals surface area contributed by atoms with E-state index in [-0.39, 0.29) is 0 Å². The Kier molecular flexibility index (Phi) is 3.50. The molecule has 0 aliphatic heterocycles. The van der Waals surface area contributed by atoms with E-state index in [2.05, 4.69) is 4.72 Å². The molecule has 1 unspecified atom stereocenters. The molecule has 0 radical (unpaired) electrons. The lowest BCUT2D eigenvalue weighted by Gasteiger charge is -2.01. The smallest absolute Gasteiger partial charge is 0.0442 e. The lowest BCUT2D eigenvalue weighted by molar-refractivity contribution is 0.531. The molecule has 3 nitrogen and oxygen atoms in total. The standard InChI is InChI=1S/C8H9NO2S/c10-12(11)9-7-6-8-4-2-1-3-5-8/h1-7,9H,(H,10,11)/p-1. The van der Waals surface area contributed by atoms with E-state index in [1.165, 1.54) is 6.20 Å². The summed E-state index contributed by atoms with van der Waals surface area (Å²) < 4.78 is 22.2. The molecule has 4 heteroatoms. The van der Waals surface area contributed by atoms with Crippen molar-refractivity contribution in [3.63, 3.8) is 0 Å². The van der Waals surface area contributed by atoms with Gasteiger partial charge in [0.2, 0.25) is 0 Å². The molecule has 0 bridgehead atoms. The molecule has 0 fully saturated rings. The molecule has 0 aliphatic rings. The third kappa shape index (κ3) is 3.32. The quantitative estimate of drug-likeness (QED) is 0.710. The van der Waals surface area contributed by atoms with E-state index >= 15 is 0 Å². The van der Waals surface area contributed by atoms with Gasteiger partial charge >= 0.3 is 0 Å². The minimum absolute atomic E-state index is 0.954. The fraction of sp³-hybridized carbons (Fsp3) is 0. The maximum absolute atomic E-state index is 10.0. The van der Waals surface area contributed by atoms with Crippen LogP contribution in [-0.2, 0) is 11.3 Å². The Morgan fingerprint density at radius 2 is 2.00 bits per heavy atom. The first-order chi connectivity index (χ1) is 5.79. The Morgan fingerprint density at radius 3 is 2.58 bits per heavy atom. The van der Waals surface area contributed by atoms with Gasteiger partial charge in [0.1, 0.15) is 0 Å². The van der Waals surface area contributed by atoms with E-state index in [1.807, 2.05) is 30.3 Å². The largest absolute Gasteiger partial charge is 0.755 e. The van der Waals surface area contributed by atoms with Gasteiger partial charge in [-0.25, -0.2) is 0 Å². The molecule has 0 heterocycles. The highest BCUT2D eigenvalue weighted by Gasteiger charge is 1.80. The van der Waals surface area contributed by atoms with Crippen LogP contribution in [0.1, 0.15) is 5.56 Å². The van der Waals surface area contributed by atoms with Crippen molar-refractivity contribution in [1.29, 1.82) is 0 Å². The summed E-state index contributed by atoms with van der Waals surface area (Å²) in [6.07, 6.45) is 3.05. The van der Waals surface area contributed by atoms with Crippen molar-refractivity contribution >= 4 is 17.3 Å². The van der Waals surface area contributed by atoms with Crippen molar-refractivity contribution in [3.8, 4) is 0 Å². The normalized spacial score (nSPS) is 13.1. The molecule has 64 valence electrons. The number of hydrogen-bond acceptors (Lipinski definition) is 2. The third-order valence-corrected chi connectivity index (χ3v) is 1.57. The van der Waals surface area contributed by atoms with Crippen molar-refractivity contribution in [2.75, 3.05) is 0 Å². The maximum Gasteiger partial charge on any atom is 0.0442 e. The lowest BCUT2D eigenvalue weighted by Crippen LogP contribution is -2.07. The first kappa shape index (κ1) is 8.96. The molecule has 1 N–H and O–H groups in total. The summed E-state index contributed by atoms with van der Waals surface area (Å²) in [7, 11) is 0. The van der Waals surface area contributed by atoms with Gasteiger partial charge in [0.15, 0.2) is 0 Å². The molecule has 0 saturated heterocycles. The zero-order valence-electron chi connectivity index (χ0n) is 6.27. The average molecular weight is 182 g/mol. The summed E-state index contributed by atoms with van der Waals surface area (Å²) in [5, 5.41) is 0. The van der Waals surface area contributed by atoms with Gasteiger partial charge in [-0.15, -0.1) is 0 Å². The number of rotatable bonds is 3. The fourth-order valence-corrected chi connectivity index (χ4v) is 0.929. The van der Waals surface area contributed by atoms with Crippen LogP contribution in [-0.4, -0.2) is 8.76 Å². The molecule has 1 atom stereocenters. The molecule has 0 amide bonds. The molecule has 1 aromatic carbocycles. The first-order valence-electron chi connectivity index (χ1n) is 3.36. The van der Waals surface area contributed by atoms with E-state index in [4.69, 9.17) is 0 Å².